The second kappa shape index (κ2) is 6.87. The largest absolute Gasteiger partial charge is 0.377 e. The van der Waals surface area contributed by atoms with Gasteiger partial charge in [0.15, 0.2) is 9.84 Å². The molecule has 5 heteroatoms. The van der Waals surface area contributed by atoms with Gasteiger partial charge in [0.25, 0.3) is 0 Å². The van der Waals surface area contributed by atoms with Gasteiger partial charge in [-0.15, -0.1) is 0 Å². The average molecular weight is 277 g/mol. The fourth-order valence-electron chi connectivity index (χ4n) is 2.46. The molecule has 0 saturated carbocycles. The third-order valence-electron chi connectivity index (χ3n) is 3.76. The van der Waals surface area contributed by atoms with E-state index in [0.29, 0.717) is 25.6 Å². The van der Waals surface area contributed by atoms with Crippen LogP contribution in [-0.2, 0) is 14.6 Å². The molecule has 0 amide bonds. The fourth-order valence-corrected chi connectivity index (χ4v) is 4.42. The highest BCUT2D eigenvalue weighted by Crippen LogP contribution is 2.24. The van der Waals surface area contributed by atoms with Gasteiger partial charge >= 0.3 is 0 Å². The second-order valence-corrected chi connectivity index (χ2v) is 7.99. The first-order valence-electron chi connectivity index (χ1n) is 6.97. The van der Waals surface area contributed by atoms with Crippen molar-refractivity contribution in [3.05, 3.63) is 0 Å². The molecule has 1 fully saturated rings. The number of sulfone groups is 1. The topological polar surface area (TPSA) is 55.4 Å². The fraction of sp³-hybridized carbons (Fsp3) is 1.00. The molecular weight excluding hydrogens is 250 g/mol. The van der Waals surface area contributed by atoms with Crippen LogP contribution >= 0.6 is 0 Å². The molecule has 1 N–H and O–H groups in total. The van der Waals surface area contributed by atoms with Gasteiger partial charge in [0.2, 0.25) is 0 Å². The predicted molar refractivity (Wildman–Crippen MR) is 74.6 cm³/mol. The van der Waals surface area contributed by atoms with Crippen molar-refractivity contribution in [1.82, 2.24) is 5.32 Å². The summed E-state index contributed by atoms with van der Waals surface area (Å²) in [6, 6.07) is 0.380. The lowest BCUT2D eigenvalue weighted by molar-refractivity contribution is 0.126. The normalized spacial score (nSPS) is 28.2. The minimum absolute atomic E-state index is 0.162. The molecule has 108 valence electrons. The molecule has 4 nitrogen and oxygen atoms in total. The van der Waals surface area contributed by atoms with Crippen LogP contribution in [0, 0.1) is 0 Å². The summed E-state index contributed by atoms with van der Waals surface area (Å²) in [5, 5.41) is 2.64. The molecule has 1 aliphatic heterocycles. The molecule has 0 spiro atoms. The van der Waals surface area contributed by atoms with E-state index in [9.17, 15) is 8.42 Å². The summed E-state index contributed by atoms with van der Waals surface area (Å²) in [6.45, 7) is 8.99. The minimum atomic E-state index is -3.09. The molecule has 1 heterocycles. The zero-order valence-corrected chi connectivity index (χ0v) is 12.8. The zero-order valence-electron chi connectivity index (χ0n) is 12.0. The lowest BCUT2D eigenvalue weighted by Crippen LogP contribution is -2.42. The summed E-state index contributed by atoms with van der Waals surface area (Å²) in [5.74, 6) is 0. The van der Waals surface area contributed by atoms with Crippen LogP contribution in [0.5, 0.6) is 0 Å². The van der Waals surface area contributed by atoms with Gasteiger partial charge in [-0.1, -0.05) is 13.3 Å². The minimum Gasteiger partial charge on any atom is -0.377 e. The van der Waals surface area contributed by atoms with E-state index in [1.54, 1.807) is 6.92 Å². The molecule has 4 atom stereocenters. The lowest BCUT2D eigenvalue weighted by Gasteiger charge is -2.22. The van der Waals surface area contributed by atoms with E-state index in [-0.39, 0.29) is 16.6 Å². The molecule has 0 radical (unpaired) electrons. The Hall–Kier alpha value is -0.130. The van der Waals surface area contributed by atoms with Crippen LogP contribution in [0.1, 0.15) is 47.0 Å². The third-order valence-corrected chi connectivity index (χ3v) is 6.52. The molecule has 0 bridgehead atoms. The Labute approximate surface area is 111 Å². The van der Waals surface area contributed by atoms with Crippen LogP contribution in [0.3, 0.4) is 0 Å². The Morgan fingerprint density at radius 3 is 2.56 bits per heavy atom. The van der Waals surface area contributed by atoms with Crippen LogP contribution in [0.4, 0.5) is 0 Å². The highest BCUT2D eigenvalue weighted by atomic mass is 32.2. The van der Waals surface area contributed by atoms with E-state index in [4.69, 9.17) is 4.74 Å². The molecule has 0 aromatic carbocycles. The van der Waals surface area contributed by atoms with E-state index in [1.165, 1.54) is 0 Å². The van der Waals surface area contributed by atoms with Gasteiger partial charge in [0, 0.05) is 19.2 Å². The van der Waals surface area contributed by atoms with Crippen molar-refractivity contribution in [1.29, 1.82) is 0 Å². The molecule has 1 aliphatic rings. The number of hydrogen-bond acceptors (Lipinski definition) is 4. The smallest absolute Gasteiger partial charge is 0.159 e. The van der Waals surface area contributed by atoms with Crippen LogP contribution in [0.15, 0.2) is 0 Å². The van der Waals surface area contributed by atoms with E-state index in [1.807, 2.05) is 6.92 Å². The molecule has 1 rings (SSSR count). The Kier molecular flexibility index (Phi) is 6.08. The van der Waals surface area contributed by atoms with Crippen LogP contribution in [-0.4, -0.2) is 44.2 Å². The SMILES string of the molecule is CCCC(C)NCC(C)S(=O)(=O)C1CCOC1C. The van der Waals surface area contributed by atoms with Crippen LogP contribution in [0.2, 0.25) is 0 Å². The number of nitrogens with one attached hydrogen (secondary N) is 1. The Balaban J connectivity index is 2.51. The Morgan fingerprint density at radius 1 is 1.39 bits per heavy atom. The first-order valence-corrected chi connectivity index (χ1v) is 8.58. The molecular formula is C13H27NO3S. The van der Waals surface area contributed by atoms with Crippen molar-refractivity contribution in [2.45, 2.75) is 69.6 Å². The summed E-state index contributed by atoms with van der Waals surface area (Å²) in [6.07, 6.45) is 2.67. The summed E-state index contributed by atoms with van der Waals surface area (Å²) >= 11 is 0. The second-order valence-electron chi connectivity index (χ2n) is 5.40. The van der Waals surface area contributed by atoms with Gasteiger partial charge in [-0.2, -0.15) is 0 Å². The lowest BCUT2D eigenvalue weighted by atomic mass is 10.2. The van der Waals surface area contributed by atoms with E-state index in [0.717, 1.165) is 12.8 Å². The monoisotopic (exact) mass is 277 g/mol. The van der Waals surface area contributed by atoms with Gasteiger partial charge in [0.1, 0.15) is 0 Å². The van der Waals surface area contributed by atoms with Gasteiger partial charge in [-0.3, -0.25) is 0 Å². The summed E-state index contributed by atoms with van der Waals surface area (Å²) in [4.78, 5) is 0. The van der Waals surface area contributed by atoms with Gasteiger partial charge in [-0.05, 0) is 33.6 Å². The molecule has 18 heavy (non-hydrogen) atoms. The average Bonchev–Trinajstić information content (AvgIpc) is 2.73. The standard InChI is InChI=1S/C13H27NO3S/c1-5-6-10(2)14-9-11(3)18(15,16)13-7-8-17-12(13)4/h10-14H,5-9H2,1-4H3. The number of rotatable bonds is 7. The molecule has 0 aromatic rings. The zero-order chi connectivity index (χ0) is 13.8. The quantitative estimate of drug-likeness (QED) is 0.770. The Bertz CT molecular complexity index is 342. The van der Waals surface area contributed by atoms with Gasteiger partial charge < -0.3 is 10.1 Å². The maximum atomic E-state index is 12.4. The van der Waals surface area contributed by atoms with E-state index >= 15 is 0 Å². The van der Waals surface area contributed by atoms with Gasteiger partial charge in [-0.25, -0.2) is 8.42 Å². The summed E-state index contributed by atoms with van der Waals surface area (Å²) in [7, 11) is -3.09. The first kappa shape index (κ1) is 15.9. The highest BCUT2D eigenvalue weighted by molar-refractivity contribution is 7.92. The number of ether oxygens (including phenoxy) is 1. The molecule has 0 aliphatic carbocycles. The van der Waals surface area contributed by atoms with Crippen molar-refractivity contribution in [3.8, 4) is 0 Å². The summed E-state index contributed by atoms with van der Waals surface area (Å²) in [5.41, 5.74) is 0. The molecule has 4 unspecified atom stereocenters. The van der Waals surface area contributed by atoms with E-state index in [2.05, 4.69) is 19.2 Å². The van der Waals surface area contributed by atoms with Crippen molar-refractivity contribution in [2.75, 3.05) is 13.2 Å². The molecule has 0 aromatic heterocycles. The maximum absolute atomic E-state index is 12.4. The Morgan fingerprint density at radius 2 is 2.06 bits per heavy atom. The van der Waals surface area contributed by atoms with Crippen molar-refractivity contribution in [2.24, 2.45) is 0 Å². The third kappa shape index (κ3) is 3.93. The van der Waals surface area contributed by atoms with Crippen molar-refractivity contribution < 1.29 is 13.2 Å². The number of hydrogen-bond donors (Lipinski definition) is 1. The van der Waals surface area contributed by atoms with E-state index < -0.39 is 9.84 Å². The maximum Gasteiger partial charge on any atom is 0.159 e. The predicted octanol–water partition coefficient (Wildman–Crippen LogP) is 1.75. The van der Waals surface area contributed by atoms with Gasteiger partial charge in [0.05, 0.1) is 16.6 Å². The van der Waals surface area contributed by atoms with Crippen molar-refractivity contribution in [3.63, 3.8) is 0 Å². The highest BCUT2D eigenvalue weighted by Gasteiger charge is 2.38. The van der Waals surface area contributed by atoms with Crippen LogP contribution in [0.25, 0.3) is 0 Å². The first-order chi connectivity index (χ1) is 8.39. The van der Waals surface area contributed by atoms with Crippen molar-refractivity contribution >= 4 is 9.84 Å². The summed E-state index contributed by atoms with van der Waals surface area (Å²) < 4.78 is 30.2. The van der Waals surface area contributed by atoms with Crippen LogP contribution < -0.4 is 5.32 Å². The molecule has 1 saturated heterocycles.